The van der Waals surface area contributed by atoms with Crippen LogP contribution in [0.4, 0.5) is 0 Å². The topological polar surface area (TPSA) is 119 Å². The minimum atomic E-state index is -0.717. The molecule has 0 aromatic rings. The van der Waals surface area contributed by atoms with E-state index in [0.717, 1.165) is 57.8 Å². The van der Waals surface area contributed by atoms with E-state index in [1.165, 1.54) is 6.42 Å². The van der Waals surface area contributed by atoms with Crippen molar-refractivity contribution in [3.05, 3.63) is 4.91 Å². The second-order valence-electron chi connectivity index (χ2n) is 11.3. The average Bonchev–Trinajstić information content (AvgIpc) is 2.99. The van der Waals surface area contributed by atoms with Crippen LogP contribution in [0.25, 0.3) is 0 Å². The number of carbonyl (C=O) groups is 1. The van der Waals surface area contributed by atoms with Gasteiger partial charge in [-0.25, -0.2) is 0 Å². The summed E-state index contributed by atoms with van der Waals surface area (Å²) in [5.41, 5.74) is 13.5. The van der Waals surface area contributed by atoms with E-state index in [1.807, 2.05) is 0 Å². The fourth-order valence-electron chi connectivity index (χ4n) is 8.74. The Morgan fingerprint density at radius 3 is 2.48 bits per heavy atom. The van der Waals surface area contributed by atoms with Crippen molar-refractivity contribution in [1.82, 2.24) is 0 Å². The first kappa shape index (κ1) is 21.2. The van der Waals surface area contributed by atoms with Gasteiger partial charge in [-0.3, -0.25) is 4.79 Å². The standard InChI is InChI=1S/C23H39N3O3/c1-20-13-10-17-21(2)11-3-4-12-22(21,24)14-18(26-29)23(17,25)16(20)9-8-15(20)6-5-7-19(27)28/h15-18H,3-14,24-25H2,1-2H3,(H,27,28). The zero-order chi connectivity index (χ0) is 21.1. The molecule has 29 heavy (non-hydrogen) atoms. The number of hydrogen-bond acceptors (Lipinski definition) is 5. The normalized spacial score (nSPS) is 51.6. The molecule has 6 heteroatoms. The molecular weight excluding hydrogens is 366 g/mol. The molecular formula is C23H39N3O3. The van der Waals surface area contributed by atoms with Gasteiger partial charge in [0.1, 0.15) is 6.04 Å². The van der Waals surface area contributed by atoms with E-state index < -0.39 is 17.6 Å². The van der Waals surface area contributed by atoms with Gasteiger partial charge in [0.15, 0.2) is 0 Å². The molecule has 0 saturated heterocycles. The molecule has 8 atom stereocenters. The minimum absolute atomic E-state index is 0.0239. The van der Waals surface area contributed by atoms with E-state index in [9.17, 15) is 9.70 Å². The highest BCUT2D eigenvalue weighted by atomic mass is 16.4. The third kappa shape index (κ3) is 2.84. The van der Waals surface area contributed by atoms with Crippen molar-refractivity contribution in [2.45, 2.75) is 108 Å². The molecule has 6 nitrogen and oxygen atoms in total. The number of carboxylic acids is 1. The van der Waals surface area contributed by atoms with E-state index in [-0.39, 0.29) is 34.6 Å². The fourth-order valence-corrected chi connectivity index (χ4v) is 8.74. The summed E-state index contributed by atoms with van der Waals surface area (Å²) < 4.78 is 0. The summed E-state index contributed by atoms with van der Waals surface area (Å²) in [5, 5.41) is 12.7. The van der Waals surface area contributed by atoms with Crippen LogP contribution in [-0.2, 0) is 4.79 Å². The van der Waals surface area contributed by atoms with Crippen LogP contribution in [0.1, 0.15) is 90.9 Å². The lowest BCUT2D eigenvalue weighted by atomic mass is 9.39. The molecule has 0 spiro atoms. The number of nitrogens with two attached hydrogens (primary N) is 2. The number of aliphatic carboxylic acids is 1. The second-order valence-corrected chi connectivity index (χ2v) is 11.3. The summed E-state index contributed by atoms with van der Waals surface area (Å²) in [7, 11) is 0. The van der Waals surface area contributed by atoms with Crippen LogP contribution in [-0.4, -0.2) is 28.2 Å². The zero-order valence-electron chi connectivity index (χ0n) is 18.2. The minimum Gasteiger partial charge on any atom is -0.481 e. The van der Waals surface area contributed by atoms with Crippen molar-refractivity contribution < 1.29 is 9.90 Å². The highest BCUT2D eigenvalue weighted by Gasteiger charge is 2.71. The van der Waals surface area contributed by atoms with E-state index in [4.69, 9.17) is 16.6 Å². The highest BCUT2D eigenvalue weighted by molar-refractivity contribution is 5.66. The first-order valence-electron chi connectivity index (χ1n) is 11.7. The summed E-state index contributed by atoms with van der Waals surface area (Å²) >= 11 is 0. The third-order valence-corrected chi connectivity index (χ3v) is 10.4. The monoisotopic (exact) mass is 405 g/mol. The van der Waals surface area contributed by atoms with E-state index >= 15 is 0 Å². The molecule has 0 bridgehead atoms. The Bertz CT molecular complexity index is 686. The highest BCUT2D eigenvalue weighted by Crippen LogP contribution is 2.69. The van der Waals surface area contributed by atoms with Gasteiger partial charge in [0.05, 0.1) is 0 Å². The van der Waals surface area contributed by atoms with Crippen LogP contribution in [0, 0.1) is 33.5 Å². The Hall–Kier alpha value is -1.01. The van der Waals surface area contributed by atoms with Crippen LogP contribution in [0.3, 0.4) is 0 Å². The molecule has 4 saturated carbocycles. The largest absolute Gasteiger partial charge is 0.481 e. The van der Waals surface area contributed by atoms with Crippen molar-refractivity contribution >= 4 is 5.97 Å². The van der Waals surface area contributed by atoms with Gasteiger partial charge < -0.3 is 16.6 Å². The molecule has 0 amide bonds. The quantitative estimate of drug-likeness (QED) is 0.592. The lowest BCUT2D eigenvalue weighted by molar-refractivity contribution is -0.145. The lowest BCUT2D eigenvalue weighted by Gasteiger charge is -2.69. The Balaban J connectivity index is 1.66. The van der Waals surface area contributed by atoms with Crippen molar-refractivity contribution in [3.8, 4) is 0 Å². The van der Waals surface area contributed by atoms with Gasteiger partial charge in [-0.1, -0.05) is 31.9 Å². The van der Waals surface area contributed by atoms with Crippen LogP contribution >= 0.6 is 0 Å². The van der Waals surface area contributed by atoms with E-state index in [2.05, 4.69) is 19.0 Å². The predicted molar refractivity (Wildman–Crippen MR) is 113 cm³/mol. The first-order valence-corrected chi connectivity index (χ1v) is 11.7. The maximum Gasteiger partial charge on any atom is 0.303 e. The first-order chi connectivity index (χ1) is 13.6. The van der Waals surface area contributed by atoms with E-state index in [1.54, 1.807) is 0 Å². The Kier molecular flexibility index (Phi) is 5.13. The Morgan fingerprint density at radius 1 is 1.07 bits per heavy atom. The average molecular weight is 406 g/mol. The fraction of sp³-hybridized carbons (Fsp3) is 0.957. The van der Waals surface area contributed by atoms with E-state index in [0.29, 0.717) is 12.3 Å². The predicted octanol–water partition coefficient (Wildman–Crippen LogP) is 4.20. The molecule has 0 aromatic heterocycles. The smallest absolute Gasteiger partial charge is 0.303 e. The van der Waals surface area contributed by atoms with Crippen LogP contribution in [0.2, 0.25) is 0 Å². The van der Waals surface area contributed by atoms with Crippen molar-refractivity contribution in [1.29, 1.82) is 0 Å². The molecule has 5 N–H and O–H groups in total. The van der Waals surface area contributed by atoms with Gasteiger partial charge in [-0.2, -0.15) is 4.91 Å². The van der Waals surface area contributed by atoms with Crippen LogP contribution in [0.5, 0.6) is 0 Å². The molecule has 0 aliphatic heterocycles. The number of nitroso groups, excluding NO2 is 1. The van der Waals surface area contributed by atoms with Gasteiger partial charge in [-0.05, 0) is 86.4 Å². The Labute approximate surface area is 174 Å². The lowest BCUT2D eigenvalue weighted by Crippen LogP contribution is -2.78. The number of nitrogens with zero attached hydrogens (tertiary/aromatic N) is 1. The number of hydrogen-bond donors (Lipinski definition) is 3. The van der Waals surface area contributed by atoms with Gasteiger partial charge in [0.2, 0.25) is 0 Å². The maximum absolute atomic E-state index is 12.1. The summed E-state index contributed by atoms with van der Waals surface area (Å²) in [6.07, 6.45) is 11.2. The van der Waals surface area contributed by atoms with Gasteiger partial charge >= 0.3 is 5.97 Å². The molecule has 4 aliphatic rings. The molecule has 0 heterocycles. The molecule has 8 unspecified atom stereocenters. The summed E-state index contributed by atoms with van der Waals surface area (Å²) in [4.78, 5) is 23.1. The SMILES string of the molecule is CC12CCC3C(N)(C(N=O)CC4(N)CCCCC34C)C1CCC2CCCC(=O)O. The number of carboxylic acid groups (broad SMARTS) is 1. The summed E-state index contributed by atoms with van der Waals surface area (Å²) in [6.45, 7) is 4.71. The van der Waals surface area contributed by atoms with Gasteiger partial charge in [0.25, 0.3) is 0 Å². The number of rotatable bonds is 5. The maximum atomic E-state index is 12.1. The molecule has 4 aliphatic carbocycles. The number of fused-ring (bicyclic) bond motifs is 5. The third-order valence-electron chi connectivity index (χ3n) is 10.4. The molecule has 0 aromatic carbocycles. The molecule has 0 radical (unpaired) electrons. The summed E-state index contributed by atoms with van der Waals surface area (Å²) in [5.74, 6) is 0.289. The zero-order valence-corrected chi connectivity index (χ0v) is 18.2. The van der Waals surface area contributed by atoms with Crippen molar-refractivity contribution in [3.63, 3.8) is 0 Å². The Morgan fingerprint density at radius 2 is 1.79 bits per heavy atom. The van der Waals surface area contributed by atoms with Crippen molar-refractivity contribution in [2.75, 3.05) is 0 Å². The van der Waals surface area contributed by atoms with Crippen LogP contribution < -0.4 is 11.5 Å². The summed E-state index contributed by atoms with van der Waals surface area (Å²) in [6, 6.07) is -0.411. The molecule has 4 rings (SSSR count). The second kappa shape index (κ2) is 7.01. The van der Waals surface area contributed by atoms with Crippen molar-refractivity contribution in [2.24, 2.45) is 45.2 Å². The molecule has 4 fully saturated rings. The molecule has 164 valence electrons. The van der Waals surface area contributed by atoms with Gasteiger partial charge in [0, 0.05) is 17.5 Å². The van der Waals surface area contributed by atoms with Gasteiger partial charge in [-0.15, -0.1) is 0 Å². The van der Waals surface area contributed by atoms with Crippen LogP contribution in [0.15, 0.2) is 5.18 Å².